The molecule has 2 unspecified atom stereocenters. The number of ether oxygens (including phenoxy) is 4. The molecule has 0 spiro atoms. The number of aliphatic hydroxyl groups is 1. The van der Waals surface area contributed by atoms with Gasteiger partial charge in [0.25, 0.3) is 0 Å². The highest BCUT2D eigenvalue weighted by molar-refractivity contribution is 5.81. The van der Waals surface area contributed by atoms with Gasteiger partial charge in [0.15, 0.2) is 0 Å². The van der Waals surface area contributed by atoms with E-state index >= 15 is 0 Å². The molecule has 2 aromatic rings. The smallest absolute Gasteiger partial charge is 0.333 e. The molecule has 0 aliphatic heterocycles. The van der Waals surface area contributed by atoms with Crippen LogP contribution in [0.1, 0.15) is 25.0 Å². The topological polar surface area (TPSA) is 91.3 Å². The molecular formula is C25H28O7. The number of benzene rings is 2. The van der Waals surface area contributed by atoms with Crippen molar-refractivity contribution in [2.45, 2.75) is 45.4 Å². The van der Waals surface area contributed by atoms with Crippen LogP contribution in [0.4, 0.5) is 0 Å². The van der Waals surface area contributed by atoms with Crippen LogP contribution < -0.4 is 9.47 Å². The third kappa shape index (κ3) is 8.65. The first-order valence-electron chi connectivity index (χ1n) is 10.1. The van der Waals surface area contributed by atoms with E-state index < -0.39 is 30.6 Å². The lowest BCUT2D eigenvalue weighted by Crippen LogP contribution is -2.19. The summed E-state index contributed by atoms with van der Waals surface area (Å²) in [5.41, 5.74) is 1.89. The third-order valence-corrected chi connectivity index (χ3v) is 4.29. The molecule has 0 aromatic heterocycles. The van der Waals surface area contributed by atoms with Crippen molar-refractivity contribution in [2.75, 3.05) is 0 Å². The Hall–Kier alpha value is -3.58. The maximum atomic E-state index is 11.2. The summed E-state index contributed by atoms with van der Waals surface area (Å²) in [5.74, 6) is -0.00247. The maximum Gasteiger partial charge on any atom is 0.333 e. The molecule has 0 aliphatic rings. The zero-order valence-corrected chi connectivity index (χ0v) is 18.2. The summed E-state index contributed by atoms with van der Waals surface area (Å²) in [7, 11) is 0. The number of esters is 2. The molecule has 7 heteroatoms. The van der Waals surface area contributed by atoms with Crippen molar-refractivity contribution in [3.63, 3.8) is 0 Å². The summed E-state index contributed by atoms with van der Waals surface area (Å²) in [5, 5.41) is 10.4. The fourth-order valence-corrected chi connectivity index (χ4v) is 2.88. The van der Waals surface area contributed by atoms with E-state index in [4.69, 9.17) is 18.9 Å². The van der Waals surface area contributed by atoms with Gasteiger partial charge in [0.2, 0.25) is 12.6 Å². The molecule has 0 fully saturated rings. The van der Waals surface area contributed by atoms with Crippen molar-refractivity contribution in [1.29, 1.82) is 0 Å². The van der Waals surface area contributed by atoms with Crippen molar-refractivity contribution >= 4 is 11.9 Å². The van der Waals surface area contributed by atoms with Crippen molar-refractivity contribution in [3.05, 3.63) is 85.0 Å². The third-order valence-electron chi connectivity index (χ3n) is 4.29. The van der Waals surface area contributed by atoms with E-state index in [9.17, 15) is 14.7 Å². The molecule has 0 saturated carbocycles. The van der Waals surface area contributed by atoms with Gasteiger partial charge in [-0.3, -0.25) is 0 Å². The Morgan fingerprint density at radius 2 is 1.12 bits per heavy atom. The standard InChI is InChI=1S/C25H28O7/c1-5-24(27)31-17(3)29-22-11-7-19(8-12-22)15-21(26)16-20-9-13-23(14-10-20)30-18(4)32-25(28)6-2/h5-14,17-18,21,26H,1-2,15-16H2,3-4H3. The van der Waals surface area contributed by atoms with Crippen LogP contribution in [0.25, 0.3) is 0 Å². The Morgan fingerprint density at radius 3 is 1.44 bits per heavy atom. The molecule has 0 bridgehead atoms. The van der Waals surface area contributed by atoms with Gasteiger partial charge in [-0.05, 0) is 48.2 Å². The van der Waals surface area contributed by atoms with Crippen LogP contribution >= 0.6 is 0 Å². The van der Waals surface area contributed by atoms with Crippen molar-refractivity contribution in [2.24, 2.45) is 0 Å². The number of carbonyl (C=O) groups is 2. The maximum absolute atomic E-state index is 11.2. The molecular weight excluding hydrogens is 412 g/mol. The van der Waals surface area contributed by atoms with Gasteiger partial charge in [-0.1, -0.05) is 37.4 Å². The predicted octanol–water partition coefficient (Wildman–Crippen LogP) is 3.74. The lowest BCUT2D eigenvalue weighted by Gasteiger charge is -2.16. The van der Waals surface area contributed by atoms with Gasteiger partial charge in [-0.15, -0.1) is 0 Å². The van der Waals surface area contributed by atoms with E-state index in [1.807, 2.05) is 24.3 Å². The van der Waals surface area contributed by atoms with Crippen LogP contribution in [0.5, 0.6) is 11.5 Å². The predicted molar refractivity (Wildman–Crippen MR) is 119 cm³/mol. The Bertz CT molecular complexity index is 827. The summed E-state index contributed by atoms with van der Waals surface area (Å²) < 4.78 is 20.9. The van der Waals surface area contributed by atoms with Gasteiger partial charge in [0.1, 0.15) is 11.5 Å². The average molecular weight is 440 g/mol. The van der Waals surface area contributed by atoms with Crippen LogP contribution in [0.2, 0.25) is 0 Å². The number of hydrogen-bond donors (Lipinski definition) is 1. The first-order chi connectivity index (χ1) is 15.3. The summed E-state index contributed by atoms with van der Waals surface area (Å²) in [6, 6.07) is 14.4. The molecule has 170 valence electrons. The van der Waals surface area contributed by atoms with Gasteiger partial charge < -0.3 is 24.1 Å². The number of rotatable bonds is 12. The molecule has 0 amide bonds. The number of aliphatic hydroxyl groups excluding tert-OH is 1. The fourth-order valence-electron chi connectivity index (χ4n) is 2.88. The largest absolute Gasteiger partial charge is 0.455 e. The molecule has 1 N–H and O–H groups in total. The zero-order valence-electron chi connectivity index (χ0n) is 18.2. The molecule has 0 heterocycles. The Balaban J connectivity index is 1.82. The summed E-state index contributed by atoms with van der Waals surface area (Å²) in [6.07, 6.45) is 1.04. The Labute approximate surface area is 187 Å². The van der Waals surface area contributed by atoms with Crippen molar-refractivity contribution in [1.82, 2.24) is 0 Å². The Morgan fingerprint density at radius 1 is 0.781 bits per heavy atom. The van der Waals surface area contributed by atoms with E-state index in [1.54, 1.807) is 38.1 Å². The summed E-state index contributed by atoms with van der Waals surface area (Å²) in [4.78, 5) is 22.4. The van der Waals surface area contributed by atoms with E-state index in [0.29, 0.717) is 24.3 Å². The van der Waals surface area contributed by atoms with Crippen molar-refractivity contribution in [3.8, 4) is 11.5 Å². The molecule has 0 aliphatic carbocycles. The SMILES string of the molecule is C=CC(=O)OC(C)Oc1ccc(CC(O)Cc2ccc(OC(C)OC(=O)C=C)cc2)cc1. The fraction of sp³-hybridized carbons (Fsp3) is 0.280. The highest BCUT2D eigenvalue weighted by Gasteiger charge is 2.11. The average Bonchev–Trinajstić information content (AvgIpc) is 2.76. The second kappa shape index (κ2) is 12.3. The molecule has 0 radical (unpaired) electrons. The minimum atomic E-state index is -0.735. The highest BCUT2D eigenvalue weighted by Crippen LogP contribution is 2.18. The second-order valence-electron chi connectivity index (χ2n) is 7.00. The summed E-state index contributed by atoms with van der Waals surface area (Å²) >= 11 is 0. The van der Waals surface area contributed by atoms with E-state index in [1.165, 1.54) is 0 Å². The van der Waals surface area contributed by atoms with E-state index in [-0.39, 0.29) is 0 Å². The molecule has 2 aromatic carbocycles. The quantitative estimate of drug-likeness (QED) is 0.305. The number of carbonyl (C=O) groups excluding carboxylic acids is 2. The first kappa shape index (κ1) is 24.7. The monoisotopic (exact) mass is 440 g/mol. The minimum absolute atomic E-state index is 0.466. The first-order valence-corrected chi connectivity index (χ1v) is 10.1. The molecule has 2 atom stereocenters. The van der Waals surface area contributed by atoms with Crippen molar-refractivity contribution < 1.29 is 33.6 Å². The molecule has 0 saturated heterocycles. The van der Waals surface area contributed by atoms with Crippen LogP contribution in [0.15, 0.2) is 73.8 Å². The molecule has 7 nitrogen and oxygen atoms in total. The minimum Gasteiger partial charge on any atom is -0.455 e. The van der Waals surface area contributed by atoms with Crippen LogP contribution in [0, 0.1) is 0 Å². The lowest BCUT2D eigenvalue weighted by molar-refractivity contribution is -0.156. The van der Waals surface area contributed by atoms with Gasteiger partial charge in [0.05, 0.1) is 6.10 Å². The van der Waals surface area contributed by atoms with Gasteiger partial charge in [0, 0.05) is 26.0 Å². The van der Waals surface area contributed by atoms with Crippen LogP contribution in [0.3, 0.4) is 0 Å². The van der Waals surface area contributed by atoms with E-state index in [0.717, 1.165) is 23.3 Å². The zero-order chi connectivity index (χ0) is 23.5. The van der Waals surface area contributed by atoms with Gasteiger partial charge in [-0.25, -0.2) is 9.59 Å². The summed E-state index contributed by atoms with van der Waals surface area (Å²) in [6.45, 7) is 9.91. The lowest BCUT2D eigenvalue weighted by atomic mass is 10.0. The Kier molecular flexibility index (Phi) is 9.50. The normalized spacial score (nSPS) is 13.2. The van der Waals surface area contributed by atoms with E-state index in [2.05, 4.69) is 13.2 Å². The number of hydrogen-bond acceptors (Lipinski definition) is 7. The molecule has 2 rings (SSSR count). The highest BCUT2D eigenvalue weighted by atomic mass is 16.7. The van der Waals surface area contributed by atoms with Gasteiger partial charge in [-0.2, -0.15) is 0 Å². The van der Waals surface area contributed by atoms with Crippen LogP contribution in [-0.2, 0) is 31.9 Å². The van der Waals surface area contributed by atoms with Crippen LogP contribution in [-0.4, -0.2) is 35.7 Å². The molecule has 32 heavy (non-hydrogen) atoms. The second-order valence-corrected chi connectivity index (χ2v) is 7.00. The van der Waals surface area contributed by atoms with Gasteiger partial charge >= 0.3 is 11.9 Å².